The molecule has 0 N–H and O–H groups in total. The number of ether oxygens (including phenoxy) is 2. The van der Waals surface area contributed by atoms with E-state index in [-0.39, 0.29) is 12.0 Å². The summed E-state index contributed by atoms with van der Waals surface area (Å²) in [5.41, 5.74) is 0.867. The van der Waals surface area contributed by atoms with E-state index in [4.69, 9.17) is 9.47 Å². The first-order chi connectivity index (χ1) is 11.7. The molecule has 1 aliphatic heterocycles. The molecule has 0 bridgehead atoms. The second-order valence-corrected chi connectivity index (χ2v) is 5.69. The van der Waals surface area contributed by atoms with Gasteiger partial charge in [-0.3, -0.25) is 4.79 Å². The Kier molecular flexibility index (Phi) is 5.22. The van der Waals surface area contributed by atoms with Crippen molar-refractivity contribution in [3.63, 3.8) is 0 Å². The highest BCUT2D eigenvalue weighted by molar-refractivity contribution is 5.82. The van der Waals surface area contributed by atoms with E-state index in [0.29, 0.717) is 26.3 Å². The highest BCUT2D eigenvalue weighted by atomic mass is 16.5. The lowest BCUT2D eigenvalue weighted by molar-refractivity contribution is -0.152. The van der Waals surface area contributed by atoms with Gasteiger partial charge in [-0.1, -0.05) is 30.3 Å². The number of rotatable bonds is 5. The molecule has 7 heteroatoms. The number of amides is 1. The molecule has 128 valence electrons. The number of carbonyl (C=O) groups is 1. The molecule has 1 fully saturated rings. The molecule has 2 atom stereocenters. The van der Waals surface area contributed by atoms with Crippen LogP contribution in [-0.4, -0.2) is 51.9 Å². The molecule has 2 heterocycles. The maximum atomic E-state index is 13.0. The van der Waals surface area contributed by atoms with Gasteiger partial charge in [0.05, 0.1) is 13.2 Å². The van der Waals surface area contributed by atoms with Crippen molar-refractivity contribution in [3.8, 4) is 0 Å². The third-order valence-corrected chi connectivity index (χ3v) is 4.07. The minimum absolute atomic E-state index is 0.0430. The standard InChI is InChI=1S/C17H22N4O3/c1-3-23-15(13-7-5-4-6-8-13)17(22)21-9-10-24-14(11-21)16-19-18-12-20(16)2/h4-8,12,14-15H,3,9-11H2,1-2H3/t14-,15+/m0/s1. The van der Waals surface area contributed by atoms with Gasteiger partial charge >= 0.3 is 0 Å². The van der Waals surface area contributed by atoms with E-state index in [9.17, 15) is 4.79 Å². The van der Waals surface area contributed by atoms with Crippen molar-refractivity contribution in [1.82, 2.24) is 19.7 Å². The summed E-state index contributed by atoms with van der Waals surface area (Å²) in [5, 5.41) is 7.98. The normalized spacial score (nSPS) is 19.2. The maximum absolute atomic E-state index is 13.0. The van der Waals surface area contributed by atoms with Gasteiger partial charge in [0.25, 0.3) is 5.91 Å². The lowest BCUT2D eigenvalue weighted by atomic mass is 10.1. The van der Waals surface area contributed by atoms with Crippen molar-refractivity contribution in [3.05, 3.63) is 48.0 Å². The summed E-state index contributed by atoms with van der Waals surface area (Å²) in [6.45, 7) is 3.83. The molecule has 3 rings (SSSR count). The Labute approximate surface area is 141 Å². The van der Waals surface area contributed by atoms with Crippen LogP contribution in [0.4, 0.5) is 0 Å². The zero-order chi connectivity index (χ0) is 16.9. The number of carbonyl (C=O) groups excluding carboxylic acids is 1. The maximum Gasteiger partial charge on any atom is 0.256 e. The van der Waals surface area contributed by atoms with Crippen LogP contribution in [0.5, 0.6) is 0 Å². The van der Waals surface area contributed by atoms with E-state index in [1.54, 1.807) is 11.2 Å². The molecule has 2 aromatic rings. The van der Waals surface area contributed by atoms with Gasteiger partial charge in [0.15, 0.2) is 11.9 Å². The van der Waals surface area contributed by atoms with Crippen LogP contribution >= 0.6 is 0 Å². The van der Waals surface area contributed by atoms with Gasteiger partial charge in [0.1, 0.15) is 12.4 Å². The predicted octanol–water partition coefficient (Wildman–Crippen LogP) is 1.49. The lowest BCUT2D eigenvalue weighted by Crippen LogP contribution is -2.45. The Hall–Kier alpha value is -2.25. The van der Waals surface area contributed by atoms with Gasteiger partial charge in [-0.2, -0.15) is 0 Å². The Morgan fingerprint density at radius 3 is 2.88 bits per heavy atom. The fraction of sp³-hybridized carbons (Fsp3) is 0.471. The molecular weight excluding hydrogens is 308 g/mol. The smallest absolute Gasteiger partial charge is 0.256 e. The Morgan fingerprint density at radius 1 is 1.42 bits per heavy atom. The van der Waals surface area contributed by atoms with Crippen LogP contribution in [0.15, 0.2) is 36.7 Å². The highest BCUT2D eigenvalue weighted by Crippen LogP contribution is 2.25. The van der Waals surface area contributed by atoms with Gasteiger partial charge in [-0.15, -0.1) is 10.2 Å². The molecule has 0 saturated carbocycles. The molecule has 0 unspecified atom stereocenters. The molecule has 7 nitrogen and oxygen atoms in total. The largest absolute Gasteiger partial charge is 0.366 e. The third kappa shape index (κ3) is 3.47. The van der Waals surface area contributed by atoms with Crippen molar-refractivity contribution >= 4 is 5.91 Å². The number of morpholine rings is 1. The molecule has 1 aromatic heterocycles. The summed E-state index contributed by atoms with van der Waals surface area (Å²) in [4.78, 5) is 14.8. The molecule has 1 amide bonds. The van der Waals surface area contributed by atoms with Gasteiger partial charge in [-0.25, -0.2) is 0 Å². The fourth-order valence-electron chi connectivity index (χ4n) is 2.86. The average molecular weight is 330 g/mol. The summed E-state index contributed by atoms with van der Waals surface area (Å²) in [5.74, 6) is 0.679. The number of aryl methyl sites for hydroxylation is 1. The first-order valence-corrected chi connectivity index (χ1v) is 8.11. The van der Waals surface area contributed by atoms with Crippen LogP contribution in [-0.2, 0) is 21.3 Å². The number of benzene rings is 1. The molecule has 1 aliphatic rings. The quantitative estimate of drug-likeness (QED) is 0.831. The summed E-state index contributed by atoms with van der Waals surface area (Å²) >= 11 is 0. The van der Waals surface area contributed by atoms with Gasteiger partial charge in [-0.05, 0) is 12.5 Å². The zero-order valence-corrected chi connectivity index (χ0v) is 14.0. The van der Waals surface area contributed by atoms with E-state index in [0.717, 1.165) is 11.4 Å². The van der Waals surface area contributed by atoms with Gasteiger partial charge in [0.2, 0.25) is 0 Å². The summed E-state index contributed by atoms with van der Waals surface area (Å²) < 4.78 is 13.3. The third-order valence-electron chi connectivity index (χ3n) is 4.07. The molecule has 24 heavy (non-hydrogen) atoms. The molecule has 1 saturated heterocycles. The Morgan fingerprint density at radius 2 is 2.21 bits per heavy atom. The van der Waals surface area contributed by atoms with Crippen LogP contribution < -0.4 is 0 Å². The Bertz CT molecular complexity index is 673. The minimum atomic E-state index is -0.588. The molecular formula is C17H22N4O3. The summed E-state index contributed by atoms with van der Waals surface area (Å²) in [6, 6.07) is 9.58. The van der Waals surface area contributed by atoms with Crippen LogP contribution in [0.3, 0.4) is 0 Å². The number of hydrogen-bond donors (Lipinski definition) is 0. The topological polar surface area (TPSA) is 69.5 Å². The van der Waals surface area contributed by atoms with E-state index >= 15 is 0 Å². The van der Waals surface area contributed by atoms with Crippen LogP contribution in [0.25, 0.3) is 0 Å². The predicted molar refractivity (Wildman–Crippen MR) is 87.1 cm³/mol. The van der Waals surface area contributed by atoms with Crippen LogP contribution in [0, 0.1) is 0 Å². The molecule has 0 aliphatic carbocycles. The second-order valence-electron chi connectivity index (χ2n) is 5.69. The molecule has 0 radical (unpaired) electrons. The SMILES string of the molecule is CCO[C@@H](C(=O)N1CCO[C@H](c2nncn2C)C1)c1ccccc1. The van der Waals surface area contributed by atoms with E-state index in [1.807, 2.05) is 48.9 Å². The van der Waals surface area contributed by atoms with Crippen LogP contribution in [0.1, 0.15) is 30.5 Å². The zero-order valence-electron chi connectivity index (χ0n) is 14.0. The molecule has 0 spiro atoms. The average Bonchev–Trinajstić information content (AvgIpc) is 3.06. The molecule has 1 aromatic carbocycles. The fourth-order valence-corrected chi connectivity index (χ4v) is 2.86. The van der Waals surface area contributed by atoms with Gasteiger partial charge in [0, 0.05) is 20.2 Å². The first-order valence-electron chi connectivity index (χ1n) is 8.11. The van der Waals surface area contributed by atoms with E-state index in [1.165, 1.54) is 0 Å². The van der Waals surface area contributed by atoms with Crippen LogP contribution in [0.2, 0.25) is 0 Å². The lowest BCUT2D eigenvalue weighted by Gasteiger charge is -2.34. The van der Waals surface area contributed by atoms with Crippen molar-refractivity contribution < 1.29 is 14.3 Å². The summed E-state index contributed by atoms with van der Waals surface area (Å²) in [7, 11) is 1.87. The van der Waals surface area contributed by atoms with E-state index < -0.39 is 6.10 Å². The van der Waals surface area contributed by atoms with Crippen molar-refractivity contribution in [2.24, 2.45) is 7.05 Å². The van der Waals surface area contributed by atoms with Gasteiger partial charge < -0.3 is 18.9 Å². The van der Waals surface area contributed by atoms with Crippen molar-refractivity contribution in [2.75, 3.05) is 26.3 Å². The van der Waals surface area contributed by atoms with Crippen molar-refractivity contribution in [2.45, 2.75) is 19.1 Å². The first kappa shape index (κ1) is 16.6. The second kappa shape index (κ2) is 7.55. The monoisotopic (exact) mass is 330 g/mol. The summed E-state index contributed by atoms with van der Waals surface area (Å²) in [6.07, 6.45) is 0.773. The number of aromatic nitrogens is 3. The minimum Gasteiger partial charge on any atom is -0.366 e. The number of nitrogens with zero attached hydrogens (tertiary/aromatic N) is 4. The highest BCUT2D eigenvalue weighted by Gasteiger charge is 2.32. The Balaban J connectivity index is 1.76. The van der Waals surface area contributed by atoms with E-state index in [2.05, 4.69) is 10.2 Å². The van der Waals surface area contributed by atoms with Crippen molar-refractivity contribution in [1.29, 1.82) is 0 Å². The number of hydrogen-bond acceptors (Lipinski definition) is 5.